The number of piperidine rings is 1. The highest BCUT2D eigenvalue weighted by atomic mass is 32.2. The van der Waals surface area contributed by atoms with Gasteiger partial charge >= 0.3 is 0 Å². The Morgan fingerprint density at radius 3 is 2.41 bits per heavy atom. The fraction of sp³-hybridized carbons (Fsp3) is 0.667. The van der Waals surface area contributed by atoms with E-state index in [1.807, 2.05) is 24.3 Å². The third-order valence-electron chi connectivity index (χ3n) is 6.41. The van der Waals surface area contributed by atoms with E-state index in [1.165, 1.54) is 22.7 Å². The Bertz CT molecular complexity index is 828. The number of carbonyl (C=O) groups is 1. The van der Waals surface area contributed by atoms with Crippen molar-refractivity contribution in [3.63, 3.8) is 0 Å². The molecule has 1 N–H and O–H groups in total. The molecule has 0 radical (unpaired) electrons. The van der Waals surface area contributed by atoms with Crippen molar-refractivity contribution >= 4 is 16.1 Å². The van der Waals surface area contributed by atoms with Gasteiger partial charge in [-0.2, -0.15) is 17.0 Å². The van der Waals surface area contributed by atoms with Crippen LogP contribution in [0.4, 0.5) is 0 Å². The van der Waals surface area contributed by atoms with Gasteiger partial charge in [-0.1, -0.05) is 32.0 Å². The third kappa shape index (κ3) is 4.44. The van der Waals surface area contributed by atoms with Crippen molar-refractivity contribution in [1.82, 2.24) is 13.9 Å². The molecule has 7 nitrogen and oxygen atoms in total. The highest BCUT2D eigenvalue weighted by Gasteiger charge is 2.40. The number of rotatable bonds is 6. The van der Waals surface area contributed by atoms with Crippen molar-refractivity contribution in [1.29, 1.82) is 0 Å². The summed E-state index contributed by atoms with van der Waals surface area (Å²) in [4.78, 5) is 13.0. The van der Waals surface area contributed by atoms with Crippen molar-refractivity contribution in [3.05, 3.63) is 29.8 Å². The number of carbonyl (C=O) groups excluding carboxylic acids is 1. The lowest BCUT2D eigenvalue weighted by atomic mass is 9.83. The van der Waals surface area contributed by atoms with Gasteiger partial charge in [0.05, 0.1) is 6.04 Å². The van der Waals surface area contributed by atoms with Crippen LogP contribution in [0.2, 0.25) is 0 Å². The zero-order valence-corrected chi connectivity index (χ0v) is 18.7. The maximum atomic E-state index is 13.0. The van der Waals surface area contributed by atoms with Gasteiger partial charge in [0.2, 0.25) is 5.91 Å². The Kier molecular flexibility index (Phi) is 6.55. The summed E-state index contributed by atoms with van der Waals surface area (Å²) in [5.74, 6) is 0.686. The molecule has 2 aliphatic rings. The van der Waals surface area contributed by atoms with E-state index in [2.05, 4.69) is 19.2 Å². The summed E-state index contributed by atoms with van der Waals surface area (Å²) in [6, 6.07) is 7.83. The van der Waals surface area contributed by atoms with Gasteiger partial charge in [0.25, 0.3) is 10.2 Å². The predicted molar refractivity (Wildman–Crippen MR) is 113 cm³/mol. The van der Waals surface area contributed by atoms with Gasteiger partial charge in [-0.3, -0.25) is 4.79 Å². The highest BCUT2D eigenvalue weighted by Crippen LogP contribution is 2.42. The van der Waals surface area contributed by atoms with Gasteiger partial charge in [-0.05, 0) is 31.7 Å². The second-order valence-corrected chi connectivity index (χ2v) is 10.4. The molecule has 8 heteroatoms. The summed E-state index contributed by atoms with van der Waals surface area (Å²) in [6.07, 6.45) is 3.58. The number of amides is 1. The molecule has 2 heterocycles. The van der Waals surface area contributed by atoms with Crippen molar-refractivity contribution in [2.75, 3.05) is 27.2 Å². The lowest BCUT2D eigenvalue weighted by molar-refractivity contribution is -0.127. The van der Waals surface area contributed by atoms with Crippen LogP contribution in [-0.2, 0) is 15.0 Å². The first-order valence-corrected chi connectivity index (χ1v) is 11.9. The number of benzene rings is 1. The maximum Gasteiger partial charge on any atom is 0.281 e. The molecular formula is C21H33N3O4S. The van der Waals surface area contributed by atoms with Crippen molar-refractivity contribution < 1.29 is 17.9 Å². The topological polar surface area (TPSA) is 79.0 Å². The first-order valence-electron chi connectivity index (χ1n) is 10.5. The fourth-order valence-electron chi connectivity index (χ4n) is 4.30. The van der Waals surface area contributed by atoms with Crippen molar-refractivity contribution in [2.24, 2.45) is 5.92 Å². The summed E-state index contributed by atoms with van der Waals surface area (Å²) in [7, 11) is -0.356. The van der Waals surface area contributed by atoms with Crippen molar-refractivity contribution in [2.45, 2.75) is 57.6 Å². The van der Waals surface area contributed by atoms with Gasteiger partial charge in [0, 0.05) is 45.1 Å². The molecule has 1 fully saturated rings. The van der Waals surface area contributed by atoms with Crippen LogP contribution in [0.1, 0.15) is 57.6 Å². The molecule has 29 heavy (non-hydrogen) atoms. The Hall–Kier alpha value is -1.64. The third-order valence-corrected chi connectivity index (χ3v) is 8.36. The summed E-state index contributed by atoms with van der Waals surface area (Å²) in [5.41, 5.74) is 0.751. The molecule has 3 rings (SSSR count). The van der Waals surface area contributed by atoms with Crippen LogP contribution in [0.5, 0.6) is 5.75 Å². The van der Waals surface area contributed by atoms with E-state index in [0.29, 0.717) is 25.9 Å². The first kappa shape index (κ1) is 22.1. The van der Waals surface area contributed by atoms with Gasteiger partial charge in [-0.15, -0.1) is 0 Å². The highest BCUT2D eigenvalue weighted by molar-refractivity contribution is 7.86. The second kappa shape index (κ2) is 8.62. The fourth-order valence-corrected chi connectivity index (χ4v) is 5.43. The molecule has 0 aliphatic carbocycles. The summed E-state index contributed by atoms with van der Waals surface area (Å²) < 4.78 is 33.6. The Balaban J connectivity index is 1.69. The van der Waals surface area contributed by atoms with E-state index in [4.69, 9.17) is 4.74 Å². The number of hydrogen-bond donors (Lipinski definition) is 1. The van der Waals surface area contributed by atoms with Gasteiger partial charge in [0.15, 0.2) is 0 Å². The standard InChI is InChI=1S/C21H33N3O4S/c1-5-21(6-2)15-18(17-9-7-8-10-19(17)28-21)22-20(25)16-11-13-24(14-12-16)29(26,27)23(3)4/h7-10,16,18H,5-6,11-15H2,1-4H3,(H,22,25)/t18-/m0/s1. The SMILES string of the molecule is CCC1(CC)C[C@H](NC(=O)C2CCN(S(=O)(=O)N(C)C)CC2)c2ccccc2O1. The van der Waals surface area contributed by atoms with Crippen LogP contribution in [0.25, 0.3) is 0 Å². The van der Waals surface area contributed by atoms with Gasteiger partial charge in [0.1, 0.15) is 11.4 Å². The Labute approximate surface area is 174 Å². The Morgan fingerprint density at radius 2 is 1.83 bits per heavy atom. The molecule has 2 aliphatic heterocycles. The molecular weight excluding hydrogens is 390 g/mol. The maximum absolute atomic E-state index is 13.0. The number of fused-ring (bicyclic) bond motifs is 1. The molecule has 1 saturated heterocycles. The molecule has 0 saturated carbocycles. The lowest BCUT2D eigenvalue weighted by Gasteiger charge is -2.42. The molecule has 1 aromatic rings. The quantitative estimate of drug-likeness (QED) is 0.763. The zero-order chi connectivity index (χ0) is 21.2. The van der Waals surface area contributed by atoms with Crippen LogP contribution < -0.4 is 10.1 Å². The number of para-hydroxylation sites is 1. The molecule has 1 amide bonds. The largest absolute Gasteiger partial charge is 0.487 e. The monoisotopic (exact) mass is 423 g/mol. The summed E-state index contributed by atoms with van der Waals surface area (Å²) in [6.45, 7) is 4.99. The second-order valence-electron chi connectivity index (χ2n) is 8.26. The smallest absolute Gasteiger partial charge is 0.281 e. The Morgan fingerprint density at radius 1 is 1.21 bits per heavy atom. The van der Waals surface area contributed by atoms with E-state index in [-0.39, 0.29) is 23.5 Å². The van der Waals surface area contributed by atoms with Crippen LogP contribution in [0, 0.1) is 5.92 Å². The number of nitrogens with one attached hydrogen (secondary N) is 1. The van der Waals surface area contributed by atoms with Crippen LogP contribution in [0.15, 0.2) is 24.3 Å². The minimum atomic E-state index is -3.42. The molecule has 0 aromatic heterocycles. The van der Waals surface area contributed by atoms with Crippen LogP contribution in [0.3, 0.4) is 0 Å². The molecule has 0 spiro atoms. The number of nitrogens with zero attached hydrogens (tertiary/aromatic N) is 2. The average Bonchev–Trinajstić information content (AvgIpc) is 2.73. The molecule has 0 bridgehead atoms. The first-order chi connectivity index (χ1) is 13.7. The minimum Gasteiger partial charge on any atom is -0.487 e. The normalized spacial score (nSPS) is 22.7. The molecule has 162 valence electrons. The van der Waals surface area contributed by atoms with Gasteiger partial charge < -0.3 is 10.1 Å². The average molecular weight is 424 g/mol. The summed E-state index contributed by atoms with van der Waals surface area (Å²) >= 11 is 0. The minimum absolute atomic E-state index is 0.00899. The van der Waals surface area contributed by atoms with Crippen LogP contribution in [-0.4, -0.2) is 55.7 Å². The predicted octanol–water partition coefficient (Wildman–Crippen LogP) is 2.70. The molecule has 0 unspecified atom stereocenters. The summed E-state index contributed by atoms with van der Waals surface area (Å²) in [5, 5.41) is 3.25. The molecule has 1 aromatic carbocycles. The van der Waals surface area contributed by atoms with E-state index in [0.717, 1.165) is 30.6 Å². The number of ether oxygens (including phenoxy) is 1. The van der Waals surface area contributed by atoms with E-state index < -0.39 is 10.2 Å². The van der Waals surface area contributed by atoms with E-state index in [9.17, 15) is 13.2 Å². The van der Waals surface area contributed by atoms with Gasteiger partial charge in [-0.25, -0.2) is 0 Å². The number of hydrogen-bond acceptors (Lipinski definition) is 4. The van der Waals surface area contributed by atoms with E-state index in [1.54, 1.807) is 0 Å². The van der Waals surface area contributed by atoms with E-state index >= 15 is 0 Å². The zero-order valence-electron chi connectivity index (χ0n) is 17.8. The van der Waals surface area contributed by atoms with Crippen molar-refractivity contribution in [3.8, 4) is 5.75 Å². The molecule has 1 atom stereocenters. The van der Waals surface area contributed by atoms with Crippen LogP contribution >= 0.6 is 0 Å². The lowest BCUT2D eigenvalue weighted by Crippen LogP contribution is -2.49.